The van der Waals surface area contributed by atoms with Crippen LogP contribution in [0.3, 0.4) is 0 Å². The van der Waals surface area contributed by atoms with Gasteiger partial charge in [0.25, 0.3) is 5.91 Å². The van der Waals surface area contributed by atoms with Gasteiger partial charge >= 0.3 is 0 Å². The lowest BCUT2D eigenvalue weighted by atomic mass is 9.85. The Bertz CT molecular complexity index is 620. The maximum atomic E-state index is 12.4. The maximum absolute atomic E-state index is 12.4. The highest BCUT2D eigenvalue weighted by Crippen LogP contribution is 2.39. The summed E-state index contributed by atoms with van der Waals surface area (Å²) in [6.45, 7) is 0.100. The van der Waals surface area contributed by atoms with Crippen molar-refractivity contribution in [3.8, 4) is 11.5 Å². The molecule has 1 heterocycles. The molecule has 2 aliphatic rings. The van der Waals surface area contributed by atoms with Gasteiger partial charge < -0.3 is 20.5 Å². The van der Waals surface area contributed by atoms with Gasteiger partial charge in [-0.05, 0) is 31.4 Å². The average molecular weight is 325 g/mol. The number of carbonyl (C=O) groups excluding carboxylic acids is 2. The van der Waals surface area contributed by atoms with Crippen LogP contribution in [0.15, 0.2) is 12.1 Å². The van der Waals surface area contributed by atoms with E-state index in [4.69, 9.17) is 26.8 Å². The molecule has 0 spiro atoms. The van der Waals surface area contributed by atoms with E-state index in [1.54, 1.807) is 12.1 Å². The second kappa shape index (κ2) is 6.04. The Morgan fingerprint density at radius 2 is 2.09 bits per heavy atom. The molecule has 0 bridgehead atoms. The molecule has 1 aliphatic heterocycles. The molecule has 2 atom stereocenters. The zero-order chi connectivity index (χ0) is 15.7. The van der Waals surface area contributed by atoms with E-state index in [0.717, 1.165) is 19.3 Å². The molecular weight excluding hydrogens is 308 g/mol. The van der Waals surface area contributed by atoms with E-state index >= 15 is 0 Å². The van der Waals surface area contributed by atoms with Crippen LogP contribution in [-0.4, -0.2) is 24.6 Å². The molecule has 0 aromatic heterocycles. The number of carbonyl (C=O) groups is 2. The van der Waals surface area contributed by atoms with Gasteiger partial charge in [-0.2, -0.15) is 0 Å². The van der Waals surface area contributed by atoms with E-state index in [-0.39, 0.29) is 30.6 Å². The van der Waals surface area contributed by atoms with Gasteiger partial charge in [-0.25, -0.2) is 0 Å². The van der Waals surface area contributed by atoms with Crippen LogP contribution in [0.25, 0.3) is 0 Å². The van der Waals surface area contributed by atoms with Gasteiger partial charge in [-0.3, -0.25) is 9.59 Å². The lowest BCUT2D eigenvalue weighted by molar-refractivity contribution is -0.122. The van der Waals surface area contributed by atoms with Gasteiger partial charge in [0.05, 0.1) is 5.02 Å². The van der Waals surface area contributed by atoms with Crippen LogP contribution < -0.4 is 20.5 Å². The fourth-order valence-electron chi connectivity index (χ4n) is 2.95. The molecule has 1 fully saturated rings. The zero-order valence-corrected chi connectivity index (χ0v) is 12.7. The van der Waals surface area contributed by atoms with E-state index in [9.17, 15) is 9.59 Å². The van der Waals surface area contributed by atoms with Crippen molar-refractivity contribution in [3.63, 3.8) is 0 Å². The highest BCUT2D eigenvalue weighted by atomic mass is 35.5. The summed E-state index contributed by atoms with van der Waals surface area (Å²) in [4.78, 5) is 23.6. The van der Waals surface area contributed by atoms with Crippen LogP contribution in [0.5, 0.6) is 11.5 Å². The quantitative estimate of drug-likeness (QED) is 0.887. The third-order valence-electron chi connectivity index (χ3n) is 4.10. The summed E-state index contributed by atoms with van der Waals surface area (Å²) in [6, 6.07) is 3.11. The SMILES string of the molecule is NC(=O)[C@H]1CCC[C@@H](NC(=O)c2cc(Cl)c3c(c2)OCO3)C1. The number of rotatable bonds is 3. The van der Waals surface area contributed by atoms with Gasteiger partial charge in [0, 0.05) is 17.5 Å². The number of hydrogen-bond acceptors (Lipinski definition) is 4. The Morgan fingerprint density at radius 1 is 1.27 bits per heavy atom. The Kier molecular flexibility index (Phi) is 4.11. The first-order valence-electron chi connectivity index (χ1n) is 7.24. The van der Waals surface area contributed by atoms with Crippen LogP contribution >= 0.6 is 11.6 Å². The first kappa shape index (κ1) is 15.0. The standard InChI is InChI=1S/C15H17ClN2O4/c16-11-5-9(6-12-13(11)22-7-21-12)15(20)18-10-3-1-2-8(4-10)14(17)19/h5-6,8,10H,1-4,7H2,(H2,17,19)(H,18,20)/t8-,10+/m0/s1. The fourth-order valence-corrected chi connectivity index (χ4v) is 3.21. The van der Waals surface area contributed by atoms with Gasteiger partial charge in [0.2, 0.25) is 12.7 Å². The van der Waals surface area contributed by atoms with Crippen LogP contribution in [-0.2, 0) is 4.79 Å². The third kappa shape index (κ3) is 2.97. The molecule has 7 heteroatoms. The van der Waals surface area contributed by atoms with Crippen LogP contribution in [0, 0.1) is 5.92 Å². The van der Waals surface area contributed by atoms with E-state index in [1.807, 2.05) is 0 Å². The maximum Gasteiger partial charge on any atom is 0.251 e. The highest BCUT2D eigenvalue weighted by Gasteiger charge is 2.27. The number of fused-ring (bicyclic) bond motifs is 1. The number of primary amides is 1. The molecule has 3 rings (SSSR count). The highest BCUT2D eigenvalue weighted by molar-refractivity contribution is 6.32. The van der Waals surface area contributed by atoms with Crippen LogP contribution in [0.2, 0.25) is 5.02 Å². The Balaban J connectivity index is 1.70. The van der Waals surface area contributed by atoms with E-state index in [2.05, 4.69) is 5.32 Å². The van der Waals surface area contributed by atoms with Crippen LogP contribution in [0.1, 0.15) is 36.0 Å². The summed E-state index contributed by atoms with van der Waals surface area (Å²) in [6.07, 6.45) is 3.09. The summed E-state index contributed by atoms with van der Waals surface area (Å²) >= 11 is 6.08. The molecule has 118 valence electrons. The monoisotopic (exact) mass is 324 g/mol. The first-order chi connectivity index (χ1) is 10.5. The molecule has 1 saturated carbocycles. The summed E-state index contributed by atoms with van der Waals surface area (Å²) in [5, 5.41) is 3.28. The molecule has 0 radical (unpaired) electrons. The number of nitrogens with one attached hydrogen (secondary N) is 1. The van der Waals surface area contributed by atoms with Crippen molar-refractivity contribution in [1.82, 2.24) is 5.32 Å². The minimum absolute atomic E-state index is 0.0528. The summed E-state index contributed by atoms with van der Waals surface area (Å²) in [5.74, 6) is 0.223. The van der Waals surface area contributed by atoms with Crippen molar-refractivity contribution in [2.24, 2.45) is 11.7 Å². The first-order valence-corrected chi connectivity index (χ1v) is 7.61. The van der Waals surface area contributed by atoms with Crippen molar-refractivity contribution in [2.75, 3.05) is 6.79 Å². The Morgan fingerprint density at radius 3 is 2.86 bits per heavy atom. The molecular formula is C15H17ClN2O4. The molecule has 1 aromatic rings. The van der Waals surface area contributed by atoms with Crippen molar-refractivity contribution < 1.29 is 19.1 Å². The lowest BCUT2D eigenvalue weighted by Crippen LogP contribution is -2.41. The van der Waals surface area contributed by atoms with Crippen molar-refractivity contribution in [1.29, 1.82) is 0 Å². The predicted octanol–water partition coefficient (Wildman–Crippen LogP) is 1.84. The predicted molar refractivity (Wildman–Crippen MR) is 80.0 cm³/mol. The van der Waals surface area contributed by atoms with Crippen molar-refractivity contribution >= 4 is 23.4 Å². The largest absolute Gasteiger partial charge is 0.454 e. The van der Waals surface area contributed by atoms with Crippen LogP contribution in [0.4, 0.5) is 0 Å². The van der Waals surface area contributed by atoms with Crippen molar-refractivity contribution in [2.45, 2.75) is 31.7 Å². The number of halogens is 1. The van der Waals surface area contributed by atoms with Gasteiger partial charge in [-0.1, -0.05) is 18.0 Å². The minimum atomic E-state index is -0.301. The summed E-state index contributed by atoms with van der Waals surface area (Å²) in [5.41, 5.74) is 5.77. The number of hydrogen-bond donors (Lipinski definition) is 2. The molecule has 3 N–H and O–H groups in total. The van der Waals surface area contributed by atoms with E-state index < -0.39 is 0 Å². The lowest BCUT2D eigenvalue weighted by Gasteiger charge is -2.28. The van der Waals surface area contributed by atoms with Gasteiger partial charge in [-0.15, -0.1) is 0 Å². The van der Waals surface area contributed by atoms with E-state index in [0.29, 0.717) is 28.5 Å². The Labute approximate surface area is 132 Å². The molecule has 2 amide bonds. The Hall–Kier alpha value is -1.95. The third-order valence-corrected chi connectivity index (χ3v) is 4.38. The molecule has 1 aromatic carbocycles. The molecule has 22 heavy (non-hydrogen) atoms. The number of amides is 2. The molecule has 0 saturated heterocycles. The van der Waals surface area contributed by atoms with Crippen molar-refractivity contribution in [3.05, 3.63) is 22.7 Å². The molecule has 6 nitrogen and oxygen atoms in total. The van der Waals surface area contributed by atoms with E-state index in [1.165, 1.54) is 0 Å². The van der Waals surface area contributed by atoms with Gasteiger partial charge in [0.15, 0.2) is 11.5 Å². The topological polar surface area (TPSA) is 90.7 Å². The second-order valence-electron chi connectivity index (χ2n) is 5.63. The second-order valence-corrected chi connectivity index (χ2v) is 6.04. The summed E-state index contributed by atoms with van der Waals surface area (Å²) < 4.78 is 10.5. The summed E-state index contributed by atoms with van der Waals surface area (Å²) in [7, 11) is 0. The minimum Gasteiger partial charge on any atom is -0.454 e. The fraction of sp³-hybridized carbons (Fsp3) is 0.467. The normalized spacial score (nSPS) is 23.1. The van der Waals surface area contributed by atoms with Gasteiger partial charge in [0.1, 0.15) is 0 Å². The molecule has 0 unspecified atom stereocenters. The number of benzene rings is 1. The number of nitrogens with two attached hydrogens (primary N) is 1. The number of ether oxygens (including phenoxy) is 2. The smallest absolute Gasteiger partial charge is 0.251 e. The zero-order valence-electron chi connectivity index (χ0n) is 11.9. The average Bonchev–Trinajstić information content (AvgIpc) is 2.96. The molecule has 1 aliphatic carbocycles.